The van der Waals surface area contributed by atoms with Crippen LogP contribution in [0.4, 0.5) is 0 Å². The average molecular weight is 281 g/mol. The molecule has 0 saturated carbocycles. The Morgan fingerprint density at radius 3 is 2.90 bits per heavy atom. The van der Waals surface area contributed by atoms with Crippen LogP contribution in [0.15, 0.2) is 53.3 Å². The SMILES string of the molecule is O=C(NCCCc1ccccc1)c1noc2ccncc12. The maximum absolute atomic E-state index is 12.1. The van der Waals surface area contributed by atoms with E-state index >= 15 is 0 Å². The molecule has 1 N–H and O–H groups in total. The van der Waals surface area contributed by atoms with Gasteiger partial charge in [0.15, 0.2) is 11.3 Å². The lowest BCUT2D eigenvalue weighted by Gasteiger charge is -2.03. The van der Waals surface area contributed by atoms with Gasteiger partial charge in [-0.1, -0.05) is 35.5 Å². The van der Waals surface area contributed by atoms with Crippen molar-refractivity contribution in [3.8, 4) is 0 Å². The molecular formula is C16H15N3O2. The molecule has 21 heavy (non-hydrogen) atoms. The first kappa shape index (κ1) is 13.3. The van der Waals surface area contributed by atoms with Crippen LogP contribution in [0.1, 0.15) is 22.5 Å². The Labute approximate surface area is 122 Å². The lowest BCUT2D eigenvalue weighted by atomic mass is 10.1. The van der Waals surface area contributed by atoms with Gasteiger partial charge in [-0.25, -0.2) is 0 Å². The fourth-order valence-corrected chi connectivity index (χ4v) is 2.17. The zero-order valence-corrected chi connectivity index (χ0v) is 11.5. The predicted molar refractivity (Wildman–Crippen MR) is 78.9 cm³/mol. The second kappa shape index (κ2) is 6.17. The third-order valence-corrected chi connectivity index (χ3v) is 3.26. The highest BCUT2D eigenvalue weighted by atomic mass is 16.5. The van der Waals surface area contributed by atoms with Gasteiger partial charge in [-0.15, -0.1) is 0 Å². The minimum absolute atomic E-state index is 0.227. The van der Waals surface area contributed by atoms with E-state index in [1.54, 1.807) is 18.5 Å². The minimum Gasteiger partial charge on any atom is -0.355 e. The summed E-state index contributed by atoms with van der Waals surface area (Å²) in [4.78, 5) is 16.1. The van der Waals surface area contributed by atoms with Gasteiger partial charge in [-0.3, -0.25) is 9.78 Å². The number of hydrogen-bond donors (Lipinski definition) is 1. The largest absolute Gasteiger partial charge is 0.355 e. The second-order valence-electron chi connectivity index (χ2n) is 4.75. The maximum atomic E-state index is 12.1. The van der Waals surface area contributed by atoms with E-state index in [0.717, 1.165) is 12.8 Å². The van der Waals surface area contributed by atoms with Gasteiger partial charge < -0.3 is 9.84 Å². The molecule has 1 aromatic carbocycles. The smallest absolute Gasteiger partial charge is 0.274 e. The first-order valence-corrected chi connectivity index (χ1v) is 6.86. The number of carbonyl (C=O) groups is 1. The molecule has 0 atom stereocenters. The number of aromatic nitrogens is 2. The number of aryl methyl sites for hydroxylation is 1. The van der Waals surface area contributed by atoms with Gasteiger partial charge in [0.2, 0.25) is 0 Å². The van der Waals surface area contributed by atoms with Crippen LogP contribution in [0.25, 0.3) is 11.0 Å². The van der Waals surface area contributed by atoms with Crippen molar-refractivity contribution < 1.29 is 9.32 Å². The second-order valence-corrected chi connectivity index (χ2v) is 4.75. The molecule has 0 unspecified atom stereocenters. The van der Waals surface area contributed by atoms with Gasteiger partial charge in [0.05, 0.1) is 5.39 Å². The Kier molecular flexibility index (Phi) is 3.91. The van der Waals surface area contributed by atoms with Crippen LogP contribution in [0.2, 0.25) is 0 Å². The molecule has 2 heterocycles. The monoisotopic (exact) mass is 281 g/mol. The molecule has 0 aliphatic heterocycles. The molecule has 0 bridgehead atoms. The highest BCUT2D eigenvalue weighted by Crippen LogP contribution is 2.16. The first-order valence-electron chi connectivity index (χ1n) is 6.86. The summed E-state index contributed by atoms with van der Waals surface area (Å²) in [5.74, 6) is -0.227. The third-order valence-electron chi connectivity index (χ3n) is 3.26. The summed E-state index contributed by atoms with van der Waals surface area (Å²) in [6.07, 6.45) is 5.01. The molecule has 1 amide bonds. The fraction of sp³-hybridized carbons (Fsp3) is 0.188. The third kappa shape index (κ3) is 3.08. The molecule has 0 saturated heterocycles. The van der Waals surface area contributed by atoms with E-state index in [1.807, 2.05) is 18.2 Å². The summed E-state index contributed by atoms with van der Waals surface area (Å²) >= 11 is 0. The lowest BCUT2D eigenvalue weighted by Crippen LogP contribution is -2.25. The summed E-state index contributed by atoms with van der Waals surface area (Å²) < 4.78 is 5.09. The Hall–Kier alpha value is -2.69. The molecular weight excluding hydrogens is 266 g/mol. The minimum atomic E-state index is -0.227. The van der Waals surface area contributed by atoms with Crippen LogP contribution in [-0.2, 0) is 6.42 Å². The number of amides is 1. The Bertz CT molecular complexity index is 737. The number of nitrogens with zero attached hydrogens (tertiary/aromatic N) is 2. The van der Waals surface area contributed by atoms with Crippen LogP contribution in [0.3, 0.4) is 0 Å². The van der Waals surface area contributed by atoms with E-state index in [1.165, 1.54) is 5.56 Å². The molecule has 5 heteroatoms. The Balaban J connectivity index is 1.55. The van der Waals surface area contributed by atoms with Crippen molar-refractivity contribution in [1.82, 2.24) is 15.5 Å². The molecule has 3 aromatic rings. The van der Waals surface area contributed by atoms with Crippen LogP contribution in [0, 0.1) is 0 Å². The van der Waals surface area contributed by atoms with Gasteiger partial charge >= 0.3 is 0 Å². The Morgan fingerprint density at radius 2 is 2.05 bits per heavy atom. The number of fused-ring (bicyclic) bond motifs is 1. The zero-order valence-electron chi connectivity index (χ0n) is 11.5. The normalized spacial score (nSPS) is 10.7. The summed E-state index contributed by atoms with van der Waals surface area (Å²) in [5.41, 5.74) is 2.13. The molecule has 0 fully saturated rings. The number of nitrogens with one attached hydrogen (secondary N) is 1. The van der Waals surface area contributed by atoms with E-state index in [9.17, 15) is 4.79 Å². The van der Waals surface area contributed by atoms with Crippen molar-refractivity contribution in [2.24, 2.45) is 0 Å². The number of pyridine rings is 1. The van der Waals surface area contributed by atoms with Crippen molar-refractivity contribution >= 4 is 16.9 Å². The van der Waals surface area contributed by atoms with Crippen LogP contribution in [0.5, 0.6) is 0 Å². The number of benzene rings is 1. The van der Waals surface area contributed by atoms with Crippen LogP contribution in [-0.4, -0.2) is 22.6 Å². The molecule has 0 spiro atoms. The standard InChI is InChI=1S/C16H15N3O2/c20-16(15-13-11-17-10-8-14(13)21-19-15)18-9-4-7-12-5-2-1-3-6-12/h1-3,5-6,8,10-11H,4,7,9H2,(H,18,20). The van der Waals surface area contributed by atoms with E-state index in [4.69, 9.17) is 4.52 Å². The van der Waals surface area contributed by atoms with Crippen LogP contribution < -0.4 is 5.32 Å². The first-order chi connectivity index (χ1) is 10.3. The molecule has 0 aliphatic rings. The van der Waals surface area contributed by atoms with Crippen LogP contribution >= 0.6 is 0 Å². The summed E-state index contributed by atoms with van der Waals surface area (Å²) in [6.45, 7) is 0.600. The summed E-state index contributed by atoms with van der Waals surface area (Å²) in [7, 11) is 0. The molecule has 2 aromatic heterocycles. The number of hydrogen-bond acceptors (Lipinski definition) is 4. The van der Waals surface area contributed by atoms with Gasteiger partial charge in [0.1, 0.15) is 0 Å². The van der Waals surface area contributed by atoms with E-state index < -0.39 is 0 Å². The van der Waals surface area contributed by atoms with Gasteiger partial charge in [-0.05, 0) is 18.4 Å². The van der Waals surface area contributed by atoms with E-state index in [2.05, 4.69) is 27.6 Å². The van der Waals surface area contributed by atoms with Crippen molar-refractivity contribution in [2.45, 2.75) is 12.8 Å². The topological polar surface area (TPSA) is 68.0 Å². The molecule has 0 radical (unpaired) electrons. The quantitative estimate of drug-likeness (QED) is 0.730. The lowest BCUT2D eigenvalue weighted by molar-refractivity contribution is 0.0946. The van der Waals surface area contributed by atoms with E-state index in [0.29, 0.717) is 17.5 Å². The summed E-state index contributed by atoms with van der Waals surface area (Å²) in [5, 5.41) is 7.30. The summed E-state index contributed by atoms with van der Waals surface area (Å²) in [6, 6.07) is 11.9. The van der Waals surface area contributed by atoms with E-state index in [-0.39, 0.29) is 11.6 Å². The fourth-order valence-electron chi connectivity index (χ4n) is 2.17. The van der Waals surface area contributed by atoms with Gasteiger partial charge in [-0.2, -0.15) is 0 Å². The molecule has 0 aliphatic carbocycles. The molecule has 106 valence electrons. The highest BCUT2D eigenvalue weighted by molar-refractivity contribution is 6.03. The van der Waals surface area contributed by atoms with Crippen molar-refractivity contribution in [3.63, 3.8) is 0 Å². The number of carbonyl (C=O) groups excluding carboxylic acids is 1. The highest BCUT2D eigenvalue weighted by Gasteiger charge is 2.15. The van der Waals surface area contributed by atoms with Gasteiger partial charge in [0.25, 0.3) is 5.91 Å². The molecule has 5 nitrogen and oxygen atoms in total. The number of rotatable bonds is 5. The Morgan fingerprint density at radius 1 is 1.19 bits per heavy atom. The predicted octanol–water partition coefficient (Wildman–Crippen LogP) is 2.59. The molecule has 3 rings (SSSR count). The zero-order chi connectivity index (χ0) is 14.5. The van der Waals surface area contributed by atoms with Crippen molar-refractivity contribution in [1.29, 1.82) is 0 Å². The maximum Gasteiger partial charge on any atom is 0.274 e. The van der Waals surface area contributed by atoms with Crippen molar-refractivity contribution in [3.05, 3.63) is 60.0 Å². The van der Waals surface area contributed by atoms with Gasteiger partial charge in [0, 0.05) is 25.0 Å². The average Bonchev–Trinajstić information content (AvgIpc) is 2.96. The van der Waals surface area contributed by atoms with Crippen molar-refractivity contribution in [2.75, 3.05) is 6.54 Å².